The van der Waals surface area contributed by atoms with E-state index in [0.29, 0.717) is 17.2 Å². The van der Waals surface area contributed by atoms with Crippen LogP contribution in [0.4, 0.5) is 0 Å². The van der Waals surface area contributed by atoms with Gasteiger partial charge in [0.25, 0.3) is 0 Å². The van der Waals surface area contributed by atoms with E-state index in [1.54, 1.807) is 0 Å². The summed E-state index contributed by atoms with van der Waals surface area (Å²) in [6.07, 6.45) is 0. The summed E-state index contributed by atoms with van der Waals surface area (Å²) in [6.45, 7) is 12.2. The molecule has 0 N–H and O–H groups in total. The first-order valence-corrected chi connectivity index (χ1v) is 34.3. The van der Waals surface area contributed by atoms with Crippen molar-refractivity contribution in [3.8, 4) is 17.2 Å². The van der Waals surface area contributed by atoms with Crippen molar-refractivity contribution in [1.82, 2.24) is 0 Å². The van der Waals surface area contributed by atoms with Crippen molar-refractivity contribution in [3.05, 3.63) is 179 Å². The summed E-state index contributed by atoms with van der Waals surface area (Å²) in [5, 5.41) is 0. The number of aryl methyl sites for hydroxylation is 6. The van der Waals surface area contributed by atoms with E-state index in [2.05, 4.69) is 0 Å². The van der Waals surface area contributed by atoms with Gasteiger partial charge < -0.3 is 0 Å². The summed E-state index contributed by atoms with van der Waals surface area (Å²) in [5.74, 6) is 1.69. The number of rotatable bonds is 18. The van der Waals surface area contributed by atoms with E-state index in [0.717, 1.165) is 48.1 Å². The molecule has 0 bridgehead atoms. The van der Waals surface area contributed by atoms with E-state index in [1.807, 2.05) is 187 Å². The Hall–Kier alpha value is -1.53. The second-order valence-electron chi connectivity index (χ2n) is 13.4. The Bertz CT molecular complexity index is 1990. The Labute approximate surface area is 379 Å². The van der Waals surface area contributed by atoms with Crippen molar-refractivity contribution in [1.29, 1.82) is 0 Å². The van der Waals surface area contributed by atoms with Crippen LogP contribution in [-0.4, -0.2) is 22.7 Å². The molecule has 0 aliphatic rings. The van der Waals surface area contributed by atoms with Crippen molar-refractivity contribution in [2.45, 2.75) is 56.2 Å². The zero-order chi connectivity index (χ0) is 41.3. The molecule has 16 heteroatoms. The van der Waals surface area contributed by atoms with Crippen LogP contribution in [0.1, 0.15) is 33.4 Å². The molecule has 58 heavy (non-hydrogen) atoms. The third-order valence-electron chi connectivity index (χ3n) is 8.07. The summed E-state index contributed by atoms with van der Waals surface area (Å²) in [6, 6.07) is 47.4. The molecule has 0 heterocycles. The van der Waals surface area contributed by atoms with Crippen molar-refractivity contribution in [3.63, 3.8) is 0 Å². The fraction of sp³-hybridized carbons (Fsp3) is 0.143. The van der Waals surface area contributed by atoms with Crippen molar-refractivity contribution < 1.29 is 21.5 Å². The van der Waals surface area contributed by atoms with Crippen molar-refractivity contribution in [2.24, 2.45) is 0 Å². The predicted octanol–water partition coefficient (Wildman–Crippen LogP) is 15.2. The molecule has 0 spiro atoms. The van der Waals surface area contributed by atoms with Gasteiger partial charge in [-0.25, -0.2) is 0 Å². The van der Waals surface area contributed by atoms with Crippen molar-refractivity contribution >= 4 is 109 Å². The Morgan fingerprint density at radius 2 is 0.517 bits per heavy atom. The minimum atomic E-state index is -4.65. The summed E-state index contributed by atoms with van der Waals surface area (Å²) in [4.78, 5) is 2.62. The molecule has 6 aromatic rings. The van der Waals surface area contributed by atoms with E-state index in [9.17, 15) is 0 Å². The molecule has 6 nitrogen and oxygen atoms in total. The predicted molar refractivity (Wildman–Crippen MR) is 258 cm³/mol. The van der Waals surface area contributed by atoms with Gasteiger partial charge in [-0.3, -0.25) is 0 Å². The zero-order valence-electron chi connectivity index (χ0n) is 32.7. The third-order valence-corrected chi connectivity index (χ3v) is 41.5. The number of hydrogen-bond donors (Lipinski definition) is 0. The first-order valence-electron chi connectivity index (χ1n) is 18.1. The normalized spacial score (nSPS) is 14.4. The van der Waals surface area contributed by atoms with Crippen LogP contribution in [-0.2, 0) is 43.3 Å². The van der Waals surface area contributed by atoms with Gasteiger partial charge in [-0.2, -0.15) is 0 Å². The molecule has 0 radical (unpaired) electrons. The van der Waals surface area contributed by atoms with Gasteiger partial charge in [0.1, 0.15) is 0 Å². The SMILES string of the molecule is Cc1ccc(OP(=S)([O][In]([O]P(=S)(Oc2ccc(C)cc2)Sc2ccc(C)cc2)[O]P(=S)(Oc2ccc(C)cc2)Sc2ccc(C)cc2)Sc2ccc(C)cc2)cc1. The zero-order valence-corrected chi connectivity index (χ0v) is 43.6. The maximum absolute atomic E-state index is 7.09. The molecule has 0 aromatic heterocycles. The molecule has 0 saturated carbocycles. The molecular formula is C42H42InO6P3S6. The van der Waals surface area contributed by atoms with Gasteiger partial charge in [0, 0.05) is 0 Å². The van der Waals surface area contributed by atoms with Crippen LogP contribution in [0.3, 0.4) is 0 Å². The molecule has 0 fully saturated rings. The van der Waals surface area contributed by atoms with Crippen LogP contribution in [0.2, 0.25) is 0 Å². The summed E-state index contributed by atoms with van der Waals surface area (Å²) in [7, 11) is 0. The van der Waals surface area contributed by atoms with E-state index < -0.39 is 39.8 Å². The van der Waals surface area contributed by atoms with Crippen LogP contribution in [0, 0.1) is 41.5 Å². The Morgan fingerprint density at radius 1 is 0.328 bits per heavy atom. The summed E-state index contributed by atoms with van der Waals surface area (Å²) in [5.41, 5.74) is -3.51. The molecular weight excluding hydrogens is 1000 g/mol. The van der Waals surface area contributed by atoms with Gasteiger partial charge in [-0.1, -0.05) is 0 Å². The first-order chi connectivity index (χ1) is 27.6. The minimum absolute atomic E-state index is 0.562. The monoisotopic (exact) mass is 1040 g/mol. The van der Waals surface area contributed by atoms with Gasteiger partial charge in [0.15, 0.2) is 0 Å². The van der Waals surface area contributed by atoms with Crippen LogP contribution in [0.25, 0.3) is 0 Å². The quantitative estimate of drug-likeness (QED) is 0.0771. The van der Waals surface area contributed by atoms with E-state index in [4.69, 9.17) is 56.9 Å². The Morgan fingerprint density at radius 3 is 0.724 bits per heavy atom. The molecule has 3 atom stereocenters. The van der Waals surface area contributed by atoms with Crippen LogP contribution in [0.15, 0.2) is 160 Å². The molecule has 3 unspecified atom stereocenters. The van der Waals surface area contributed by atoms with Crippen LogP contribution < -0.4 is 13.6 Å². The molecule has 0 aliphatic carbocycles. The first kappa shape index (κ1) is 46.0. The molecule has 0 amide bonds. The Balaban J connectivity index is 1.46. The van der Waals surface area contributed by atoms with Gasteiger partial charge in [0.2, 0.25) is 0 Å². The maximum atomic E-state index is 7.09. The third kappa shape index (κ3) is 14.5. The molecule has 300 valence electrons. The average Bonchev–Trinajstić information content (AvgIpc) is 3.17. The summed E-state index contributed by atoms with van der Waals surface area (Å²) >= 11 is 18.7. The Kier molecular flexibility index (Phi) is 16.7. The van der Waals surface area contributed by atoms with Crippen LogP contribution in [0.5, 0.6) is 17.2 Å². The van der Waals surface area contributed by atoms with E-state index in [1.165, 1.54) is 34.1 Å². The fourth-order valence-electron chi connectivity index (χ4n) is 4.93. The van der Waals surface area contributed by atoms with Gasteiger partial charge in [0.05, 0.1) is 0 Å². The van der Waals surface area contributed by atoms with Crippen molar-refractivity contribution in [2.75, 3.05) is 0 Å². The molecule has 6 aromatic carbocycles. The number of hydrogen-bond acceptors (Lipinski definition) is 12. The molecule has 6 rings (SSSR count). The molecule has 0 saturated heterocycles. The summed E-state index contributed by atoms with van der Waals surface area (Å²) < 4.78 is 41.4. The average molecular weight is 1040 g/mol. The fourth-order valence-corrected chi connectivity index (χ4v) is 38.4. The topological polar surface area (TPSA) is 55.4 Å². The van der Waals surface area contributed by atoms with Gasteiger partial charge in [-0.15, -0.1) is 0 Å². The van der Waals surface area contributed by atoms with Gasteiger partial charge >= 0.3 is 383 Å². The van der Waals surface area contributed by atoms with E-state index in [-0.39, 0.29) is 0 Å². The molecule has 0 aliphatic heterocycles. The second-order valence-corrected chi connectivity index (χ2v) is 38.6. The second kappa shape index (κ2) is 21.0. The van der Waals surface area contributed by atoms with Crippen LogP contribution >= 0.6 is 51.2 Å². The standard InChI is InChI=1S/3C14H15O2PS2.In/c3*1-11-3-7-13(8-4-11)16-17(15,18)19-14-9-5-12(2)6-10-14;/h3*3-10H,1-2H3,(H,15,18);/q;;;+3/p-3. The van der Waals surface area contributed by atoms with Gasteiger partial charge in [-0.05, 0) is 0 Å². The van der Waals surface area contributed by atoms with E-state index >= 15 is 0 Å². The number of benzene rings is 6.